The van der Waals surface area contributed by atoms with Gasteiger partial charge in [0.05, 0.1) is 36.1 Å². The lowest BCUT2D eigenvalue weighted by Gasteiger charge is -2.26. The molecule has 10 nitrogen and oxygen atoms in total. The Morgan fingerprint density at radius 3 is 2.48 bits per heavy atom. The number of hydrogen-bond acceptors (Lipinski definition) is 11. The number of hydrogen-bond donors (Lipinski definition) is 0. The molecule has 0 amide bonds. The number of allylic oxidation sites excluding steroid dienone is 1. The molecule has 0 bridgehead atoms. The number of fused-ring (bicyclic) bond motifs is 1. The van der Waals surface area contributed by atoms with Gasteiger partial charge in [0.15, 0.2) is 15.1 Å². The summed E-state index contributed by atoms with van der Waals surface area (Å²) in [5, 5.41) is 1.17. The van der Waals surface area contributed by atoms with Crippen LogP contribution < -0.4 is 24.4 Å². The summed E-state index contributed by atoms with van der Waals surface area (Å²) in [7, 11) is 3.08. The highest BCUT2D eigenvalue weighted by molar-refractivity contribution is 7.99. The number of aromatic nitrogens is 3. The lowest BCUT2D eigenvalue weighted by Crippen LogP contribution is -2.40. The Labute approximate surface area is 250 Å². The quantitative estimate of drug-likeness (QED) is 0.213. The number of carbonyl (C=O) groups excluding carboxylic acids is 1. The molecule has 0 aliphatic carbocycles. The lowest BCUT2D eigenvalue weighted by molar-refractivity contribution is -0.143. The molecule has 0 fully saturated rings. The van der Waals surface area contributed by atoms with Gasteiger partial charge >= 0.3 is 5.97 Å². The van der Waals surface area contributed by atoms with Crippen LogP contribution in [0.5, 0.6) is 11.5 Å². The van der Waals surface area contributed by atoms with Crippen LogP contribution in [-0.2, 0) is 9.53 Å². The second kappa shape index (κ2) is 12.0. The summed E-state index contributed by atoms with van der Waals surface area (Å²) in [4.78, 5) is 41.4. The topological polar surface area (TPSA) is 118 Å². The van der Waals surface area contributed by atoms with Gasteiger partial charge in [-0.2, -0.15) is 0 Å². The second-order valence-electron chi connectivity index (χ2n) is 9.84. The van der Waals surface area contributed by atoms with Gasteiger partial charge in [-0.15, -0.1) is 0 Å². The third-order valence-corrected chi connectivity index (χ3v) is 8.11. The summed E-state index contributed by atoms with van der Waals surface area (Å²) in [6.45, 7) is 9.10. The van der Waals surface area contributed by atoms with Crippen LogP contribution >= 0.6 is 23.1 Å². The van der Waals surface area contributed by atoms with Crippen LogP contribution in [0.2, 0.25) is 0 Å². The summed E-state index contributed by atoms with van der Waals surface area (Å²) in [5.74, 6) is 0.961. The van der Waals surface area contributed by atoms with Crippen molar-refractivity contribution in [1.82, 2.24) is 14.5 Å². The van der Waals surface area contributed by atoms with Gasteiger partial charge in [-0.05, 0) is 82.8 Å². The zero-order valence-electron chi connectivity index (χ0n) is 24.3. The number of thiazole rings is 1. The molecular weight excluding hydrogens is 576 g/mol. The molecule has 0 saturated heterocycles. The van der Waals surface area contributed by atoms with E-state index in [-0.39, 0.29) is 17.2 Å². The molecular formula is C30H30N4O6S2. The van der Waals surface area contributed by atoms with Crippen molar-refractivity contribution in [2.45, 2.75) is 57.0 Å². The third kappa shape index (κ3) is 5.90. The van der Waals surface area contributed by atoms with Gasteiger partial charge in [0.2, 0.25) is 0 Å². The molecule has 4 heterocycles. The van der Waals surface area contributed by atoms with Gasteiger partial charge in [-0.1, -0.05) is 11.3 Å². The zero-order chi connectivity index (χ0) is 30.1. The van der Waals surface area contributed by atoms with Gasteiger partial charge in [0, 0.05) is 23.0 Å². The van der Waals surface area contributed by atoms with Gasteiger partial charge in [-0.25, -0.2) is 19.8 Å². The number of aryl methyl sites for hydroxylation is 2. The van der Waals surface area contributed by atoms with Crippen LogP contribution in [0.1, 0.15) is 49.5 Å². The molecule has 1 aromatic carbocycles. The molecule has 0 spiro atoms. The molecule has 0 saturated carbocycles. The zero-order valence-corrected chi connectivity index (χ0v) is 25.9. The molecule has 1 aliphatic heterocycles. The van der Waals surface area contributed by atoms with Crippen molar-refractivity contribution >= 4 is 35.1 Å². The highest BCUT2D eigenvalue weighted by atomic mass is 32.2. The summed E-state index contributed by atoms with van der Waals surface area (Å²) in [6.07, 6.45) is 1.30. The predicted molar refractivity (Wildman–Crippen MR) is 159 cm³/mol. The minimum absolute atomic E-state index is 0.249. The number of rotatable bonds is 8. The minimum atomic E-state index is -0.857. The summed E-state index contributed by atoms with van der Waals surface area (Å²) >= 11 is 2.51. The van der Waals surface area contributed by atoms with Gasteiger partial charge in [0.25, 0.3) is 5.56 Å². The van der Waals surface area contributed by atoms with Gasteiger partial charge < -0.3 is 18.6 Å². The van der Waals surface area contributed by atoms with E-state index in [0.717, 1.165) is 11.4 Å². The Hall–Kier alpha value is -4.16. The number of carbonyl (C=O) groups is 1. The molecule has 1 aliphatic rings. The number of nitrogens with zero attached hydrogens (tertiary/aromatic N) is 4. The molecule has 1 atom stereocenters. The van der Waals surface area contributed by atoms with E-state index < -0.39 is 12.0 Å². The second-order valence-corrected chi connectivity index (χ2v) is 11.8. The molecule has 5 rings (SSSR count). The summed E-state index contributed by atoms with van der Waals surface area (Å²) in [5.41, 5.74) is 2.67. The van der Waals surface area contributed by atoms with Crippen molar-refractivity contribution in [2.24, 2.45) is 4.99 Å². The largest absolute Gasteiger partial charge is 0.497 e. The van der Waals surface area contributed by atoms with E-state index in [2.05, 4.69) is 15.0 Å². The number of esters is 1. The maximum atomic E-state index is 14.0. The maximum Gasteiger partial charge on any atom is 0.338 e. The number of ether oxygens (including phenoxy) is 3. The average Bonchev–Trinajstić information content (AvgIpc) is 3.49. The van der Waals surface area contributed by atoms with E-state index in [9.17, 15) is 9.59 Å². The van der Waals surface area contributed by atoms with E-state index in [1.807, 2.05) is 26.0 Å². The van der Waals surface area contributed by atoms with Crippen LogP contribution in [0.4, 0.5) is 0 Å². The molecule has 0 radical (unpaired) electrons. The number of methoxy groups -OCH3 is 2. The Bertz CT molecular complexity index is 1870. The standard InChI is InChI=1S/C30H30N4O6S2/c1-15(2)39-28(36)25-18(5)33-30-34(26(25)21-13-19(37-6)8-10-22(21)38-7)27(35)23(41-30)14-20-9-11-24(40-20)42-29-31-16(3)12-17(4)32-29/h8-15,26H,1-7H3/b23-14-/t26-/m0/s1. The van der Waals surface area contributed by atoms with Crippen LogP contribution in [0, 0.1) is 13.8 Å². The van der Waals surface area contributed by atoms with Gasteiger partial charge in [-0.3, -0.25) is 9.36 Å². The third-order valence-electron chi connectivity index (χ3n) is 6.34. The molecule has 0 unspecified atom stereocenters. The highest BCUT2D eigenvalue weighted by Crippen LogP contribution is 2.38. The normalized spacial score (nSPS) is 15.0. The molecule has 218 valence electrons. The minimum Gasteiger partial charge on any atom is -0.497 e. The Kier molecular flexibility index (Phi) is 8.37. The SMILES string of the molecule is COc1ccc(OC)c([C@H]2C(C(=O)OC(C)C)=C(C)N=c3s/c(=C\c4ccc(Sc5nc(C)cc(C)n5)o4)c(=O)n32)c1. The Morgan fingerprint density at radius 2 is 1.81 bits per heavy atom. The number of furan rings is 1. The average molecular weight is 607 g/mol. The van der Waals surface area contributed by atoms with Crippen molar-refractivity contribution < 1.29 is 23.4 Å². The Morgan fingerprint density at radius 1 is 1.07 bits per heavy atom. The van der Waals surface area contributed by atoms with Crippen molar-refractivity contribution in [3.63, 3.8) is 0 Å². The van der Waals surface area contributed by atoms with E-state index in [4.69, 9.17) is 18.6 Å². The first-order chi connectivity index (χ1) is 20.1. The highest BCUT2D eigenvalue weighted by Gasteiger charge is 2.35. The van der Waals surface area contributed by atoms with Crippen molar-refractivity contribution in [2.75, 3.05) is 14.2 Å². The molecule has 42 heavy (non-hydrogen) atoms. The predicted octanol–water partition coefficient (Wildman–Crippen LogP) is 4.36. The first-order valence-electron chi connectivity index (χ1n) is 13.1. The fourth-order valence-corrected chi connectivity index (χ4v) is 6.49. The fraction of sp³-hybridized carbons (Fsp3) is 0.300. The monoisotopic (exact) mass is 606 g/mol. The van der Waals surface area contributed by atoms with Crippen molar-refractivity contribution in [3.05, 3.63) is 90.1 Å². The summed E-state index contributed by atoms with van der Waals surface area (Å²) < 4.78 is 24.6. The van der Waals surface area contributed by atoms with E-state index in [0.29, 0.717) is 48.1 Å². The van der Waals surface area contributed by atoms with Crippen molar-refractivity contribution in [3.8, 4) is 11.5 Å². The van der Waals surface area contributed by atoms with Crippen LogP contribution in [-0.4, -0.2) is 40.8 Å². The lowest BCUT2D eigenvalue weighted by atomic mass is 9.94. The fourth-order valence-electron chi connectivity index (χ4n) is 4.63. The maximum absolute atomic E-state index is 14.0. The van der Waals surface area contributed by atoms with E-state index in [1.165, 1.54) is 34.8 Å². The van der Waals surface area contributed by atoms with Crippen LogP contribution in [0.25, 0.3) is 6.08 Å². The molecule has 12 heteroatoms. The Balaban J connectivity index is 1.62. The first-order valence-corrected chi connectivity index (χ1v) is 14.8. The van der Waals surface area contributed by atoms with E-state index >= 15 is 0 Å². The summed E-state index contributed by atoms with van der Waals surface area (Å²) in [6, 6.07) is 9.89. The first kappa shape index (κ1) is 29.3. The molecule has 0 N–H and O–H groups in total. The number of benzene rings is 1. The van der Waals surface area contributed by atoms with Crippen molar-refractivity contribution in [1.29, 1.82) is 0 Å². The molecule has 4 aromatic rings. The van der Waals surface area contributed by atoms with Crippen LogP contribution in [0.3, 0.4) is 0 Å². The van der Waals surface area contributed by atoms with E-state index in [1.54, 1.807) is 58.2 Å². The molecule has 3 aromatic heterocycles. The smallest absolute Gasteiger partial charge is 0.338 e. The van der Waals surface area contributed by atoms with Gasteiger partial charge in [0.1, 0.15) is 23.3 Å². The van der Waals surface area contributed by atoms with Crippen LogP contribution in [0.15, 0.2) is 72.1 Å².